The van der Waals surface area contributed by atoms with Crippen LogP contribution in [0.1, 0.15) is 19.4 Å². The van der Waals surface area contributed by atoms with Crippen molar-refractivity contribution in [3.63, 3.8) is 0 Å². The molecule has 0 aliphatic rings. The first kappa shape index (κ1) is 20.1. The molecule has 0 saturated carbocycles. The molecule has 0 amide bonds. The van der Waals surface area contributed by atoms with Gasteiger partial charge in [-0.25, -0.2) is 4.98 Å². The van der Waals surface area contributed by atoms with E-state index in [2.05, 4.69) is 25.1 Å². The average Bonchev–Trinajstić information content (AvgIpc) is 2.58. The van der Waals surface area contributed by atoms with Crippen LogP contribution in [0.3, 0.4) is 0 Å². The zero-order valence-electron chi connectivity index (χ0n) is 14.5. The van der Waals surface area contributed by atoms with E-state index in [1.54, 1.807) is 20.0 Å². The molecular formula is C16H25N4O3P. The Morgan fingerprint density at radius 2 is 1.92 bits per heavy atom. The second-order valence-electron chi connectivity index (χ2n) is 4.84. The standard InChI is InChI=1S/C12H14N4.C4H11O3P/c1-9-8-14-12(16-11(9)13-2)15-10-6-4-3-5-7-10;1-3-7-8(5,6)4-2/h3-8H,1-2H3,(H2,13,14,15,16);3-4H2,1-2H3,(H,5,6). The summed E-state index contributed by atoms with van der Waals surface area (Å²) < 4.78 is 15.0. The van der Waals surface area contributed by atoms with Crippen LogP contribution in [-0.2, 0) is 9.09 Å². The van der Waals surface area contributed by atoms with Crippen LogP contribution in [0.15, 0.2) is 36.5 Å². The summed E-state index contributed by atoms with van der Waals surface area (Å²) in [6.07, 6.45) is 1.99. The molecule has 0 aliphatic heterocycles. The molecule has 8 heteroatoms. The topological polar surface area (TPSA) is 96.4 Å². The number of hydrogen-bond donors (Lipinski definition) is 3. The van der Waals surface area contributed by atoms with Crippen molar-refractivity contribution in [1.29, 1.82) is 0 Å². The third-order valence-electron chi connectivity index (χ3n) is 2.97. The normalized spacial score (nSPS) is 12.5. The number of para-hydroxylation sites is 1. The predicted molar refractivity (Wildman–Crippen MR) is 98.0 cm³/mol. The average molecular weight is 352 g/mol. The lowest BCUT2D eigenvalue weighted by molar-refractivity contribution is 0.275. The largest absolute Gasteiger partial charge is 0.373 e. The van der Waals surface area contributed by atoms with Crippen molar-refractivity contribution in [2.75, 3.05) is 30.5 Å². The first-order valence-corrected chi connectivity index (χ1v) is 9.48. The molecule has 3 N–H and O–H groups in total. The molecule has 2 rings (SSSR count). The highest BCUT2D eigenvalue weighted by Gasteiger charge is 2.12. The third kappa shape index (κ3) is 7.08. The van der Waals surface area contributed by atoms with Gasteiger partial charge in [-0.2, -0.15) is 4.98 Å². The summed E-state index contributed by atoms with van der Waals surface area (Å²) in [5, 5.41) is 6.17. The fraction of sp³-hybridized carbons (Fsp3) is 0.375. The Kier molecular flexibility index (Phi) is 8.40. The Labute approximate surface area is 143 Å². The van der Waals surface area contributed by atoms with Gasteiger partial charge >= 0.3 is 7.60 Å². The molecule has 1 aromatic carbocycles. The Morgan fingerprint density at radius 1 is 1.25 bits per heavy atom. The number of aryl methyl sites for hydroxylation is 1. The van der Waals surface area contributed by atoms with E-state index in [0.29, 0.717) is 12.6 Å². The van der Waals surface area contributed by atoms with Crippen LogP contribution in [-0.4, -0.2) is 34.7 Å². The Hall–Kier alpha value is -1.95. The number of rotatable bonds is 6. The predicted octanol–water partition coefficient (Wildman–Crippen LogP) is 3.80. The van der Waals surface area contributed by atoms with Crippen molar-refractivity contribution in [2.45, 2.75) is 20.8 Å². The SMILES string of the molecule is CCOP(=O)(O)CC.CNc1nc(Nc2ccccc2)ncc1C. The minimum Gasteiger partial charge on any atom is -0.373 e. The van der Waals surface area contributed by atoms with Gasteiger partial charge in [-0.15, -0.1) is 0 Å². The minimum absolute atomic E-state index is 0.195. The van der Waals surface area contributed by atoms with Crippen molar-refractivity contribution in [1.82, 2.24) is 9.97 Å². The summed E-state index contributed by atoms with van der Waals surface area (Å²) in [4.78, 5) is 17.2. The highest BCUT2D eigenvalue weighted by molar-refractivity contribution is 7.52. The second-order valence-corrected chi connectivity index (χ2v) is 7.00. The molecule has 1 heterocycles. The van der Waals surface area contributed by atoms with E-state index in [0.717, 1.165) is 17.1 Å². The molecular weight excluding hydrogens is 327 g/mol. The Balaban J connectivity index is 0.000000307. The minimum atomic E-state index is -3.17. The molecule has 1 atom stereocenters. The Morgan fingerprint density at radius 3 is 2.42 bits per heavy atom. The van der Waals surface area contributed by atoms with Gasteiger partial charge in [0.1, 0.15) is 5.82 Å². The van der Waals surface area contributed by atoms with Crippen molar-refractivity contribution in [3.8, 4) is 0 Å². The van der Waals surface area contributed by atoms with Crippen LogP contribution in [0.2, 0.25) is 0 Å². The summed E-state index contributed by atoms with van der Waals surface area (Å²) in [5.41, 5.74) is 2.01. The molecule has 0 bridgehead atoms. The van der Waals surface area contributed by atoms with Crippen molar-refractivity contribution in [3.05, 3.63) is 42.1 Å². The summed E-state index contributed by atoms with van der Waals surface area (Å²) in [5.74, 6) is 1.44. The zero-order valence-corrected chi connectivity index (χ0v) is 15.4. The lowest BCUT2D eigenvalue weighted by Gasteiger charge is -2.07. The number of nitrogens with zero attached hydrogens (tertiary/aromatic N) is 2. The molecule has 24 heavy (non-hydrogen) atoms. The first-order chi connectivity index (χ1) is 11.4. The maximum absolute atomic E-state index is 10.5. The Bertz CT molecular complexity index is 668. The van der Waals surface area contributed by atoms with Crippen molar-refractivity contribution in [2.24, 2.45) is 0 Å². The second kappa shape index (κ2) is 10.0. The number of hydrogen-bond acceptors (Lipinski definition) is 6. The molecule has 1 unspecified atom stereocenters. The van der Waals surface area contributed by atoms with Gasteiger partial charge in [-0.3, -0.25) is 4.57 Å². The van der Waals surface area contributed by atoms with E-state index in [4.69, 9.17) is 4.89 Å². The van der Waals surface area contributed by atoms with Crippen LogP contribution in [0.25, 0.3) is 0 Å². The van der Waals surface area contributed by atoms with Crippen molar-refractivity contribution >= 4 is 25.0 Å². The van der Waals surface area contributed by atoms with Crippen LogP contribution in [0.4, 0.5) is 17.5 Å². The number of benzene rings is 1. The highest BCUT2D eigenvalue weighted by atomic mass is 31.2. The molecule has 7 nitrogen and oxygen atoms in total. The molecule has 0 aliphatic carbocycles. The molecule has 0 spiro atoms. The van der Waals surface area contributed by atoms with Gasteiger partial charge in [-0.05, 0) is 26.0 Å². The van der Waals surface area contributed by atoms with E-state index in [1.807, 2.05) is 44.3 Å². The van der Waals surface area contributed by atoms with Crippen LogP contribution < -0.4 is 10.6 Å². The molecule has 0 radical (unpaired) electrons. The van der Waals surface area contributed by atoms with Gasteiger partial charge in [0.05, 0.1) is 6.61 Å². The molecule has 132 valence electrons. The summed E-state index contributed by atoms with van der Waals surface area (Å²) in [6, 6.07) is 9.86. The lowest BCUT2D eigenvalue weighted by Crippen LogP contribution is -2.02. The van der Waals surface area contributed by atoms with Crippen LogP contribution >= 0.6 is 7.60 Å². The van der Waals surface area contributed by atoms with Crippen LogP contribution in [0, 0.1) is 6.92 Å². The zero-order chi connectivity index (χ0) is 18.0. The monoisotopic (exact) mass is 352 g/mol. The number of anilines is 3. The van der Waals surface area contributed by atoms with E-state index in [1.165, 1.54) is 0 Å². The van der Waals surface area contributed by atoms with Gasteiger partial charge in [0.25, 0.3) is 0 Å². The highest BCUT2D eigenvalue weighted by Crippen LogP contribution is 2.40. The fourth-order valence-corrected chi connectivity index (χ4v) is 2.28. The van der Waals surface area contributed by atoms with Gasteiger partial charge < -0.3 is 20.1 Å². The fourth-order valence-electron chi connectivity index (χ4n) is 1.70. The maximum Gasteiger partial charge on any atom is 0.327 e. The summed E-state index contributed by atoms with van der Waals surface area (Å²) in [7, 11) is -1.32. The summed E-state index contributed by atoms with van der Waals surface area (Å²) >= 11 is 0. The molecule has 0 saturated heterocycles. The first-order valence-electron chi connectivity index (χ1n) is 7.71. The van der Waals surface area contributed by atoms with Gasteiger partial charge in [-0.1, -0.05) is 25.1 Å². The summed E-state index contributed by atoms with van der Waals surface area (Å²) in [6.45, 7) is 5.59. The molecule has 2 aromatic rings. The van der Waals surface area contributed by atoms with E-state index >= 15 is 0 Å². The number of aromatic nitrogens is 2. The van der Waals surface area contributed by atoms with Crippen molar-refractivity contribution < 1.29 is 14.0 Å². The smallest absolute Gasteiger partial charge is 0.327 e. The van der Waals surface area contributed by atoms with E-state index in [9.17, 15) is 4.57 Å². The molecule has 1 aromatic heterocycles. The third-order valence-corrected chi connectivity index (χ3v) is 4.43. The van der Waals surface area contributed by atoms with Gasteiger partial charge in [0.2, 0.25) is 5.95 Å². The van der Waals surface area contributed by atoms with Gasteiger partial charge in [0.15, 0.2) is 0 Å². The molecule has 0 fully saturated rings. The van der Waals surface area contributed by atoms with Gasteiger partial charge in [0, 0.05) is 30.7 Å². The van der Waals surface area contributed by atoms with E-state index < -0.39 is 7.60 Å². The quantitative estimate of drug-likeness (QED) is 0.680. The maximum atomic E-state index is 10.5. The van der Waals surface area contributed by atoms with Crippen LogP contribution in [0.5, 0.6) is 0 Å². The van der Waals surface area contributed by atoms with E-state index in [-0.39, 0.29) is 6.16 Å². The number of nitrogens with one attached hydrogen (secondary N) is 2. The lowest BCUT2D eigenvalue weighted by atomic mass is 10.3.